The lowest BCUT2D eigenvalue weighted by Gasteiger charge is -2.45. The molecule has 33 heavy (non-hydrogen) atoms. The number of benzene rings is 1. The van der Waals surface area contributed by atoms with Crippen LogP contribution in [0.4, 0.5) is 11.5 Å². The predicted octanol–water partition coefficient (Wildman–Crippen LogP) is 3.08. The van der Waals surface area contributed by atoms with E-state index in [-0.39, 0.29) is 11.8 Å². The maximum absolute atomic E-state index is 13.3. The Hall–Kier alpha value is -3.79. The van der Waals surface area contributed by atoms with Gasteiger partial charge in [0.15, 0.2) is 5.82 Å². The van der Waals surface area contributed by atoms with Crippen molar-refractivity contribution in [3.8, 4) is 21.7 Å². The summed E-state index contributed by atoms with van der Waals surface area (Å²) < 4.78 is 1.77. The molecule has 1 aliphatic rings. The largest absolute Gasteiger partial charge is 0.382 e. The minimum atomic E-state index is -0.914. The molecule has 1 fully saturated rings. The number of piperazine rings is 1. The number of aromatic nitrogens is 4. The first-order valence-corrected chi connectivity index (χ1v) is 11.4. The molecule has 2 amide bonds. The summed E-state index contributed by atoms with van der Waals surface area (Å²) >= 11 is 1.52. The monoisotopic (exact) mass is 461 g/mol. The topological polar surface area (TPSA) is 110 Å². The van der Waals surface area contributed by atoms with Gasteiger partial charge >= 0.3 is 0 Å². The number of anilines is 2. The van der Waals surface area contributed by atoms with E-state index in [0.29, 0.717) is 18.9 Å². The van der Waals surface area contributed by atoms with Crippen LogP contribution in [0.2, 0.25) is 0 Å². The fraction of sp³-hybridized carbons (Fsp3) is 0.261. The molecular weight excluding hydrogens is 438 g/mol. The van der Waals surface area contributed by atoms with Crippen LogP contribution in [-0.2, 0) is 9.59 Å². The Balaban J connectivity index is 1.60. The Morgan fingerprint density at radius 2 is 2.03 bits per heavy atom. The maximum atomic E-state index is 13.3. The van der Waals surface area contributed by atoms with Gasteiger partial charge in [-0.25, -0.2) is 9.50 Å². The molecule has 1 aromatic carbocycles. The average molecular weight is 462 g/mol. The maximum Gasteiger partial charge on any atom is 0.252 e. The van der Waals surface area contributed by atoms with Gasteiger partial charge in [-0.1, -0.05) is 12.1 Å². The summed E-state index contributed by atoms with van der Waals surface area (Å²) in [6.45, 7) is 5.98. The Morgan fingerprint density at radius 1 is 1.21 bits per heavy atom. The second-order valence-corrected chi connectivity index (χ2v) is 9.34. The fourth-order valence-corrected chi connectivity index (χ4v) is 5.11. The quantitative estimate of drug-likeness (QED) is 0.502. The third-order valence-corrected chi connectivity index (χ3v) is 6.91. The van der Waals surface area contributed by atoms with Gasteiger partial charge in [-0.05, 0) is 32.0 Å². The summed E-state index contributed by atoms with van der Waals surface area (Å²) in [5.41, 5.74) is 11.2. The fourth-order valence-electron chi connectivity index (χ4n) is 4.47. The second-order valence-electron chi connectivity index (χ2n) is 8.45. The molecule has 0 spiro atoms. The Kier molecular flexibility index (Phi) is 4.89. The smallest absolute Gasteiger partial charge is 0.252 e. The SMILES string of the molecule is CC(=O)N1CCN(c2cccc(-c3cc(-c4cncs4)c4c(N)ncnn34)c2)C(=O)C1(C)C. The summed E-state index contributed by atoms with van der Waals surface area (Å²) in [6, 6.07) is 9.78. The first-order chi connectivity index (χ1) is 15.8. The summed E-state index contributed by atoms with van der Waals surface area (Å²) in [4.78, 5) is 38.0. The van der Waals surface area contributed by atoms with Crippen LogP contribution in [0.15, 0.2) is 48.4 Å². The molecule has 0 atom stereocenters. The summed E-state index contributed by atoms with van der Waals surface area (Å²) in [6.07, 6.45) is 3.22. The van der Waals surface area contributed by atoms with Gasteiger partial charge in [-0.3, -0.25) is 14.6 Å². The van der Waals surface area contributed by atoms with Gasteiger partial charge in [0.05, 0.1) is 16.1 Å². The number of amides is 2. The summed E-state index contributed by atoms with van der Waals surface area (Å²) in [5, 5.41) is 4.44. The van der Waals surface area contributed by atoms with Crippen LogP contribution in [0.1, 0.15) is 20.8 Å². The van der Waals surface area contributed by atoms with Gasteiger partial charge in [-0.15, -0.1) is 11.3 Å². The highest BCUT2D eigenvalue weighted by Gasteiger charge is 2.43. The van der Waals surface area contributed by atoms with Crippen molar-refractivity contribution >= 4 is 40.2 Å². The molecule has 4 aromatic rings. The Labute approximate surface area is 194 Å². The van der Waals surface area contributed by atoms with Gasteiger partial charge in [0.25, 0.3) is 5.91 Å². The number of thiazole rings is 1. The molecular formula is C23H23N7O2S. The molecule has 10 heteroatoms. The molecule has 2 N–H and O–H groups in total. The van der Waals surface area contributed by atoms with Crippen molar-refractivity contribution in [3.63, 3.8) is 0 Å². The molecule has 4 heterocycles. The zero-order chi connectivity index (χ0) is 23.3. The molecule has 0 bridgehead atoms. The lowest BCUT2D eigenvalue weighted by molar-refractivity contribution is -0.145. The third-order valence-electron chi connectivity index (χ3n) is 6.10. The minimum Gasteiger partial charge on any atom is -0.382 e. The molecule has 3 aromatic heterocycles. The molecule has 0 saturated carbocycles. The van der Waals surface area contributed by atoms with Crippen LogP contribution in [-0.4, -0.2) is 54.9 Å². The number of nitrogen functional groups attached to an aromatic ring is 1. The van der Waals surface area contributed by atoms with Gasteiger partial charge in [-0.2, -0.15) is 5.10 Å². The number of nitrogens with zero attached hydrogens (tertiary/aromatic N) is 6. The van der Waals surface area contributed by atoms with Crippen molar-refractivity contribution in [1.82, 2.24) is 24.5 Å². The number of hydrogen-bond donors (Lipinski definition) is 1. The molecule has 1 saturated heterocycles. The minimum absolute atomic E-state index is 0.103. The highest BCUT2D eigenvalue weighted by atomic mass is 32.1. The van der Waals surface area contributed by atoms with Crippen LogP contribution in [0.5, 0.6) is 0 Å². The normalized spacial score (nSPS) is 15.9. The van der Waals surface area contributed by atoms with Crippen LogP contribution in [0.25, 0.3) is 27.2 Å². The second kappa shape index (κ2) is 7.66. The highest BCUT2D eigenvalue weighted by Crippen LogP contribution is 2.37. The van der Waals surface area contributed by atoms with Crippen LogP contribution in [0.3, 0.4) is 0 Å². The molecule has 1 aliphatic heterocycles. The summed E-state index contributed by atoms with van der Waals surface area (Å²) in [7, 11) is 0. The summed E-state index contributed by atoms with van der Waals surface area (Å²) in [5.74, 6) is 0.167. The standard InChI is InChI=1S/C23H23N7O2S/c1-14(31)29-8-7-28(22(32)23(29,2)3)16-6-4-5-15(9-16)18-10-17(19-11-25-13-33-19)20-21(24)26-12-27-30(18)20/h4-6,9-13H,7-8H2,1-3H3,(H2,24,26,27). The van der Waals surface area contributed by atoms with E-state index in [1.165, 1.54) is 24.6 Å². The van der Waals surface area contributed by atoms with Crippen LogP contribution < -0.4 is 10.6 Å². The molecule has 0 unspecified atom stereocenters. The van der Waals surface area contributed by atoms with E-state index >= 15 is 0 Å². The van der Waals surface area contributed by atoms with Crippen molar-refractivity contribution in [1.29, 1.82) is 0 Å². The van der Waals surface area contributed by atoms with Gasteiger partial charge < -0.3 is 15.5 Å². The number of rotatable bonds is 3. The van der Waals surface area contributed by atoms with Gasteiger partial charge in [0, 0.05) is 43.0 Å². The van der Waals surface area contributed by atoms with E-state index in [4.69, 9.17) is 5.73 Å². The zero-order valence-corrected chi connectivity index (χ0v) is 19.3. The van der Waals surface area contributed by atoms with E-state index in [1.54, 1.807) is 39.9 Å². The lowest BCUT2D eigenvalue weighted by atomic mass is 9.96. The Morgan fingerprint density at radius 3 is 2.76 bits per heavy atom. The van der Waals surface area contributed by atoms with Crippen molar-refractivity contribution in [2.75, 3.05) is 23.7 Å². The molecule has 5 rings (SSSR count). The first kappa shape index (κ1) is 21.1. The van der Waals surface area contributed by atoms with Crippen LogP contribution >= 0.6 is 11.3 Å². The molecule has 0 aliphatic carbocycles. The van der Waals surface area contributed by atoms with Crippen molar-refractivity contribution in [2.24, 2.45) is 0 Å². The first-order valence-electron chi connectivity index (χ1n) is 10.5. The number of carbonyl (C=O) groups is 2. The molecule has 0 radical (unpaired) electrons. The molecule has 168 valence electrons. The number of carbonyl (C=O) groups excluding carboxylic acids is 2. The van der Waals surface area contributed by atoms with E-state index < -0.39 is 5.54 Å². The highest BCUT2D eigenvalue weighted by molar-refractivity contribution is 7.13. The van der Waals surface area contributed by atoms with Crippen molar-refractivity contribution in [2.45, 2.75) is 26.3 Å². The van der Waals surface area contributed by atoms with Crippen molar-refractivity contribution < 1.29 is 9.59 Å². The van der Waals surface area contributed by atoms with Gasteiger partial charge in [0.1, 0.15) is 17.4 Å². The van der Waals surface area contributed by atoms with Crippen LogP contribution in [0, 0.1) is 0 Å². The third kappa shape index (κ3) is 3.34. The predicted molar refractivity (Wildman–Crippen MR) is 128 cm³/mol. The Bertz CT molecular complexity index is 1380. The zero-order valence-electron chi connectivity index (χ0n) is 18.5. The van der Waals surface area contributed by atoms with E-state index in [0.717, 1.165) is 32.9 Å². The number of nitrogens with two attached hydrogens (primary N) is 1. The van der Waals surface area contributed by atoms with E-state index in [9.17, 15) is 9.59 Å². The average Bonchev–Trinajstić information content (AvgIpc) is 3.44. The molecule has 9 nitrogen and oxygen atoms in total. The van der Waals surface area contributed by atoms with Gasteiger partial charge in [0.2, 0.25) is 5.91 Å². The van der Waals surface area contributed by atoms with Crippen molar-refractivity contribution in [3.05, 3.63) is 48.4 Å². The lowest BCUT2D eigenvalue weighted by Crippen LogP contribution is -2.64. The van der Waals surface area contributed by atoms with E-state index in [1.807, 2.05) is 30.3 Å². The number of hydrogen-bond acceptors (Lipinski definition) is 7. The number of fused-ring (bicyclic) bond motifs is 1. The van der Waals surface area contributed by atoms with E-state index in [2.05, 4.69) is 15.1 Å².